The van der Waals surface area contributed by atoms with Gasteiger partial charge in [-0.05, 0) is 65.6 Å². The Labute approximate surface area is 117 Å². The lowest BCUT2D eigenvalue weighted by atomic mass is 10.0. The monoisotopic (exact) mass is 264 g/mol. The van der Waals surface area contributed by atoms with Crippen molar-refractivity contribution in [3.05, 3.63) is 34.9 Å². The molecule has 1 unspecified atom stereocenters. The molecule has 0 amide bonds. The van der Waals surface area contributed by atoms with Crippen LogP contribution in [0.25, 0.3) is 0 Å². The second-order valence-electron chi connectivity index (χ2n) is 5.79. The van der Waals surface area contributed by atoms with Crippen LogP contribution in [0.5, 0.6) is 0 Å². The molecule has 0 aliphatic rings. The summed E-state index contributed by atoms with van der Waals surface area (Å²) in [5.74, 6) is 0. The third kappa shape index (κ3) is 5.72. The molecule has 108 valence electrons. The molecule has 0 heterocycles. The largest absolute Gasteiger partial charge is 0.387 e. The molecule has 1 atom stereocenters. The van der Waals surface area contributed by atoms with Gasteiger partial charge in [-0.1, -0.05) is 23.8 Å². The number of aliphatic hydroxyl groups excluding tert-OH is 1. The first-order chi connectivity index (χ1) is 8.90. The van der Waals surface area contributed by atoms with Crippen LogP contribution in [-0.2, 0) is 0 Å². The zero-order valence-corrected chi connectivity index (χ0v) is 13.0. The fourth-order valence-electron chi connectivity index (χ4n) is 2.34. The first-order valence-electron chi connectivity index (χ1n) is 6.98. The van der Waals surface area contributed by atoms with E-state index in [0.29, 0.717) is 6.54 Å². The van der Waals surface area contributed by atoms with Gasteiger partial charge in [0.15, 0.2) is 0 Å². The minimum absolute atomic E-state index is 0.398. The zero-order chi connectivity index (χ0) is 14.4. The molecule has 0 bridgehead atoms. The Morgan fingerprint density at radius 1 is 1.11 bits per heavy atom. The maximum Gasteiger partial charge on any atom is 0.0919 e. The lowest BCUT2D eigenvalue weighted by Crippen LogP contribution is -2.28. The van der Waals surface area contributed by atoms with Gasteiger partial charge in [0.25, 0.3) is 0 Å². The number of benzene rings is 1. The molecule has 1 N–H and O–H groups in total. The summed E-state index contributed by atoms with van der Waals surface area (Å²) in [6.07, 6.45) is 0.730. The number of aliphatic hydroxyl groups is 1. The summed E-state index contributed by atoms with van der Waals surface area (Å²) in [6, 6.07) is 6.24. The highest BCUT2D eigenvalue weighted by atomic mass is 16.3. The molecule has 0 radical (unpaired) electrons. The van der Waals surface area contributed by atoms with Gasteiger partial charge in [0.2, 0.25) is 0 Å². The molecule has 1 rings (SSSR count). The Balaban J connectivity index is 2.47. The second kappa shape index (κ2) is 7.63. The van der Waals surface area contributed by atoms with Crippen molar-refractivity contribution in [2.24, 2.45) is 0 Å². The first kappa shape index (κ1) is 16.2. The third-order valence-corrected chi connectivity index (χ3v) is 3.41. The van der Waals surface area contributed by atoms with E-state index in [1.54, 1.807) is 0 Å². The molecule has 3 nitrogen and oxygen atoms in total. The highest BCUT2D eigenvalue weighted by Gasteiger charge is 2.12. The van der Waals surface area contributed by atoms with Crippen LogP contribution < -0.4 is 0 Å². The first-order valence-corrected chi connectivity index (χ1v) is 6.98. The van der Waals surface area contributed by atoms with Crippen LogP contribution in [0.4, 0.5) is 0 Å². The lowest BCUT2D eigenvalue weighted by molar-refractivity contribution is 0.124. The smallest absolute Gasteiger partial charge is 0.0919 e. The van der Waals surface area contributed by atoms with Crippen LogP contribution >= 0.6 is 0 Å². The van der Waals surface area contributed by atoms with E-state index in [2.05, 4.69) is 56.9 Å². The van der Waals surface area contributed by atoms with E-state index >= 15 is 0 Å². The van der Waals surface area contributed by atoms with Crippen molar-refractivity contribution in [1.29, 1.82) is 0 Å². The summed E-state index contributed by atoms with van der Waals surface area (Å²) in [5.41, 5.74) is 3.46. The van der Waals surface area contributed by atoms with E-state index in [4.69, 9.17) is 0 Å². The Hall–Kier alpha value is -0.900. The molecule has 1 aromatic rings. The van der Waals surface area contributed by atoms with Gasteiger partial charge >= 0.3 is 0 Å². The molecule has 0 spiro atoms. The molecule has 3 heteroatoms. The second-order valence-corrected chi connectivity index (χ2v) is 5.79. The topological polar surface area (TPSA) is 26.7 Å². The van der Waals surface area contributed by atoms with Crippen LogP contribution in [0, 0.1) is 13.8 Å². The number of nitrogens with zero attached hydrogens (tertiary/aromatic N) is 2. The third-order valence-electron chi connectivity index (χ3n) is 3.41. The van der Waals surface area contributed by atoms with Crippen LogP contribution in [0.1, 0.15) is 29.2 Å². The van der Waals surface area contributed by atoms with Crippen molar-refractivity contribution in [2.75, 3.05) is 40.8 Å². The highest BCUT2D eigenvalue weighted by molar-refractivity contribution is 5.32. The van der Waals surface area contributed by atoms with E-state index in [1.165, 1.54) is 11.1 Å². The van der Waals surface area contributed by atoms with Gasteiger partial charge in [-0.25, -0.2) is 0 Å². The molecule has 0 fully saturated rings. The maximum atomic E-state index is 10.3. The van der Waals surface area contributed by atoms with E-state index < -0.39 is 6.10 Å². The Kier molecular flexibility index (Phi) is 6.49. The number of rotatable bonds is 7. The average Bonchev–Trinajstić information content (AvgIpc) is 2.27. The zero-order valence-electron chi connectivity index (χ0n) is 13.0. The summed E-state index contributed by atoms with van der Waals surface area (Å²) in [6.45, 7) is 6.94. The minimum atomic E-state index is -0.398. The van der Waals surface area contributed by atoms with Gasteiger partial charge in [-0.15, -0.1) is 0 Å². The van der Waals surface area contributed by atoms with Gasteiger partial charge in [0.05, 0.1) is 6.10 Å². The number of likely N-dealkylation sites (N-methyl/N-ethyl adjacent to an activating group) is 1. The predicted octanol–water partition coefficient (Wildman–Crippen LogP) is 2.22. The fourth-order valence-corrected chi connectivity index (χ4v) is 2.34. The Morgan fingerprint density at radius 3 is 2.37 bits per heavy atom. The van der Waals surface area contributed by atoms with Crippen molar-refractivity contribution in [2.45, 2.75) is 26.4 Å². The van der Waals surface area contributed by atoms with E-state index in [-0.39, 0.29) is 0 Å². The van der Waals surface area contributed by atoms with Gasteiger partial charge in [0, 0.05) is 6.54 Å². The van der Waals surface area contributed by atoms with E-state index in [1.807, 2.05) is 6.07 Å². The van der Waals surface area contributed by atoms with Crippen molar-refractivity contribution in [3.63, 3.8) is 0 Å². The standard InChI is InChI=1S/C16H28N2O/c1-13-7-8-15(14(2)11-13)16(19)12-18(5)10-6-9-17(3)4/h7-8,11,16,19H,6,9-10,12H2,1-5H3. The highest BCUT2D eigenvalue weighted by Crippen LogP contribution is 2.19. The average molecular weight is 264 g/mol. The Morgan fingerprint density at radius 2 is 1.79 bits per heavy atom. The molecule has 0 saturated heterocycles. The number of hydrogen-bond acceptors (Lipinski definition) is 3. The van der Waals surface area contributed by atoms with Crippen molar-refractivity contribution >= 4 is 0 Å². The summed E-state index contributed by atoms with van der Waals surface area (Å²) >= 11 is 0. The number of hydrogen-bond donors (Lipinski definition) is 1. The summed E-state index contributed by atoms with van der Waals surface area (Å²) in [5, 5.41) is 10.3. The number of aryl methyl sites for hydroxylation is 2. The van der Waals surface area contributed by atoms with Gasteiger partial charge in [0.1, 0.15) is 0 Å². The predicted molar refractivity (Wildman–Crippen MR) is 81.5 cm³/mol. The van der Waals surface area contributed by atoms with Crippen molar-refractivity contribution in [1.82, 2.24) is 9.80 Å². The summed E-state index contributed by atoms with van der Waals surface area (Å²) in [4.78, 5) is 4.39. The summed E-state index contributed by atoms with van der Waals surface area (Å²) < 4.78 is 0. The minimum Gasteiger partial charge on any atom is -0.387 e. The van der Waals surface area contributed by atoms with E-state index in [9.17, 15) is 5.11 Å². The van der Waals surface area contributed by atoms with Crippen LogP contribution in [0.3, 0.4) is 0 Å². The van der Waals surface area contributed by atoms with Crippen LogP contribution in [0.15, 0.2) is 18.2 Å². The summed E-state index contributed by atoms with van der Waals surface area (Å²) in [7, 11) is 6.25. The lowest BCUT2D eigenvalue weighted by Gasteiger charge is -2.22. The normalized spacial score (nSPS) is 13.3. The molecule has 1 aromatic carbocycles. The molecule has 0 aromatic heterocycles. The molecule has 19 heavy (non-hydrogen) atoms. The molecular weight excluding hydrogens is 236 g/mol. The molecule has 0 aliphatic carbocycles. The SMILES string of the molecule is Cc1ccc(C(O)CN(C)CCCN(C)C)c(C)c1. The molecule has 0 saturated carbocycles. The van der Waals surface area contributed by atoms with E-state index in [0.717, 1.165) is 25.1 Å². The van der Waals surface area contributed by atoms with Gasteiger partial charge in [-0.3, -0.25) is 0 Å². The van der Waals surface area contributed by atoms with Crippen LogP contribution in [-0.4, -0.2) is 55.7 Å². The molecule has 0 aliphatic heterocycles. The Bertz CT molecular complexity index is 390. The van der Waals surface area contributed by atoms with Gasteiger partial charge in [-0.2, -0.15) is 0 Å². The van der Waals surface area contributed by atoms with Gasteiger partial charge < -0.3 is 14.9 Å². The maximum absolute atomic E-state index is 10.3. The van der Waals surface area contributed by atoms with Crippen LogP contribution in [0.2, 0.25) is 0 Å². The quantitative estimate of drug-likeness (QED) is 0.818. The van der Waals surface area contributed by atoms with Crippen molar-refractivity contribution < 1.29 is 5.11 Å². The van der Waals surface area contributed by atoms with Crippen molar-refractivity contribution in [3.8, 4) is 0 Å². The molecular formula is C16H28N2O. The fraction of sp³-hybridized carbons (Fsp3) is 0.625.